The second-order valence-electron chi connectivity index (χ2n) is 7.39. The van der Waals surface area contributed by atoms with Gasteiger partial charge >= 0.3 is 0 Å². The van der Waals surface area contributed by atoms with Gasteiger partial charge in [0.1, 0.15) is 5.41 Å². The number of Topliss-reactive ketones (excluding diaryl/α,β-unsaturated/α-hetero) is 2. The van der Waals surface area contributed by atoms with Crippen molar-refractivity contribution >= 4 is 34.8 Å². The van der Waals surface area contributed by atoms with Gasteiger partial charge in [-0.3, -0.25) is 14.4 Å². The normalized spacial score (nSPS) is 31.5. The first kappa shape index (κ1) is 16.2. The van der Waals surface area contributed by atoms with Crippen LogP contribution in [0.2, 0.25) is 5.02 Å². The minimum Gasteiger partial charge on any atom is -0.325 e. The van der Waals surface area contributed by atoms with Crippen LogP contribution in [-0.4, -0.2) is 17.5 Å². The predicted molar refractivity (Wildman–Crippen MR) is 88.4 cm³/mol. The molecule has 3 rings (SSSR count). The molecule has 1 N–H and O–H groups in total. The molecule has 1 amide bonds. The number of ketones is 2. The largest absolute Gasteiger partial charge is 0.325 e. The molecule has 0 saturated heterocycles. The molecular formula is C18H20ClNO3. The number of carbonyl (C=O) groups excluding carboxylic acids is 3. The number of fused-ring (bicyclic) bond motifs is 2. The molecule has 2 aliphatic carbocycles. The zero-order valence-electron chi connectivity index (χ0n) is 13.7. The van der Waals surface area contributed by atoms with Crippen molar-refractivity contribution in [1.82, 2.24) is 0 Å². The van der Waals surface area contributed by atoms with Gasteiger partial charge in [0.15, 0.2) is 0 Å². The number of anilines is 1. The van der Waals surface area contributed by atoms with Crippen molar-refractivity contribution in [1.29, 1.82) is 0 Å². The van der Waals surface area contributed by atoms with E-state index in [1.54, 1.807) is 32.0 Å². The molecular weight excluding hydrogens is 314 g/mol. The van der Waals surface area contributed by atoms with Crippen molar-refractivity contribution in [3.63, 3.8) is 0 Å². The zero-order chi connectivity index (χ0) is 17.2. The molecule has 0 radical (unpaired) electrons. The smallest absolute Gasteiger partial charge is 0.239 e. The molecule has 2 bridgehead atoms. The Labute approximate surface area is 140 Å². The highest BCUT2D eigenvalue weighted by atomic mass is 35.5. The first-order valence-corrected chi connectivity index (χ1v) is 8.13. The van der Waals surface area contributed by atoms with Crippen molar-refractivity contribution < 1.29 is 14.4 Å². The van der Waals surface area contributed by atoms with Crippen LogP contribution in [0.1, 0.15) is 39.2 Å². The number of hydrogen-bond donors (Lipinski definition) is 1. The number of nitrogens with one attached hydrogen (secondary N) is 1. The number of benzene rings is 1. The molecule has 1 aromatic carbocycles. The number of carbonyl (C=O) groups is 3. The van der Waals surface area contributed by atoms with Gasteiger partial charge in [0, 0.05) is 16.1 Å². The number of hydrogen-bond acceptors (Lipinski definition) is 3. The van der Waals surface area contributed by atoms with Crippen LogP contribution in [0.5, 0.6) is 0 Å². The molecule has 0 unspecified atom stereocenters. The van der Waals surface area contributed by atoms with Gasteiger partial charge in [0.25, 0.3) is 0 Å². The van der Waals surface area contributed by atoms with Crippen molar-refractivity contribution in [3.8, 4) is 0 Å². The van der Waals surface area contributed by atoms with Crippen molar-refractivity contribution in [2.45, 2.75) is 40.5 Å². The van der Waals surface area contributed by atoms with E-state index in [9.17, 15) is 14.4 Å². The lowest BCUT2D eigenvalue weighted by atomic mass is 9.64. The SMILES string of the molecule is Cc1c(Cl)cccc1NC(=O)[C@]12CC[C@@](C)(C(=O)C1=O)C2(C)C. The molecule has 0 spiro atoms. The van der Waals surface area contributed by atoms with Crippen LogP contribution >= 0.6 is 11.6 Å². The Hall–Kier alpha value is -1.68. The van der Waals surface area contributed by atoms with Crippen LogP contribution < -0.4 is 5.32 Å². The van der Waals surface area contributed by atoms with Crippen molar-refractivity contribution in [2.75, 3.05) is 5.32 Å². The monoisotopic (exact) mass is 333 g/mol. The summed E-state index contributed by atoms with van der Waals surface area (Å²) in [5.74, 6) is -1.35. The molecule has 5 heteroatoms. The van der Waals surface area contributed by atoms with E-state index < -0.39 is 33.7 Å². The van der Waals surface area contributed by atoms with E-state index in [-0.39, 0.29) is 0 Å². The van der Waals surface area contributed by atoms with E-state index in [0.29, 0.717) is 23.6 Å². The van der Waals surface area contributed by atoms with Gasteiger partial charge in [-0.2, -0.15) is 0 Å². The number of rotatable bonds is 2. The first-order valence-electron chi connectivity index (χ1n) is 7.75. The molecule has 122 valence electrons. The Morgan fingerprint density at radius 1 is 1.13 bits per heavy atom. The van der Waals surface area contributed by atoms with Crippen LogP contribution in [0.15, 0.2) is 18.2 Å². The summed E-state index contributed by atoms with van der Waals surface area (Å²) in [5.41, 5.74) is -1.42. The fourth-order valence-electron chi connectivity index (χ4n) is 4.24. The van der Waals surface area contributed by atoms with Gasteiger partial charge < -0.3 is 5.32 Å². The average Bonchev–Trinajstić information content (AvgIpc) is 2.76. The summed E-state index contributed by atoms with van der Waals surface area (Å²) in [6.07, 6.45) is 0.971. The summed E-state index contributed by atoms with van der Waals surface area (Å²) in [6, 6.07) is 5.23. The van der Waals surface area contributed by atoms with Crippen LogP contribution in [0.4, 0.5) is 5.69 Å². The lowest BCUT2D eigenvalue weighted by molar-refractivity contribution is -0.147. The molecule has 0 aliphatic heterocycles. The third kappa shape index (κ3) is 1.70. The molecule has 2 saturated carbocycles. The minimum absolute atomic E-state index is 0.396. The van der Waals surface area contributed by atoms with Gasteiger partial charge in [0.05, 0.1) is 0 Å². The van der Waals surface area contributed by atoms with E-state index in [2.05, 4.69) is 5.32 Å². The Morgan fingerprint density at radius 2 is 1.78 bits per heavy atom. The zero-order valence-corrected chi connectivity index (χ0v) is 14.5. The van der Waals surface area contributed by atoms with Crippen LogP contribution in [-0.2, 0) is 14.4 Å². The maximum Gasteiger partial charge on any atom is 0.239 e. The van der Waals surface area contributed by atoms with Gasteiger partial charge in [-0.25, -0.2) is 0 Å². The third-order valence-electron chi connectivity index (χ3n) is 6.44. The Bertz CT molecular complexity index is 755. The van der Waals surface area contributed by atoms with Crippen molar-refractivity contribution in [3.05, 3.63) is 28.8 Å². The summed E-state index contributed by atoms with van der Waals surface area (Å²) >= 11 is 6.09. The fraction of sp³-hybridized carbons (Fsp3) is 0.500. The lowest BCUT2D eigenvalue weighted by Crippen LogP contribution is -2.47. The molecule has 0 heterocycles. The van der Waals surface area contributed by atoms with Gasteiger partial charge in [-0.1, -0.05) is 38.4 Å². The fourth-order valence-corrected chi connectivity index (χ4v) is 4.42. The Kier molecular flexibility index (Phi) is 3.28. The van der Waals surface area contributed by atoms with E-state index in [4.69, 9.17) is 11.6 Å². The van der Waals surface area contributed by atoms with Gasteiger partial charge in [-0.15, -0.1) is 0 Å². The lowest BCUT2D eigenvalue weighted by Gasteiger charge is -2.37. The van der Waals surface area contributed by atoms with Crippen LogP contribution in [0.3, 0.4) is 0 Å². The molecule has 23 heavy (non-hydrogen) atoms. The van der Waals surface area contributed by atoms with Crippen LogP contribution in [0, 0.1) is 23.2 Å². The highest BCUT2D eigenvalue weighted by molar-refractivity contribution is 6.49. The molecule has 0 aromatic heterocycles. The minimum atomic E-state index is -1.28. The molecule has 2 atom stereocenters. The standard InChI is InChI=1S/C18H20ClNO3/c1-10-11(19)6-5-7-12(10)20-15(23)18-9-8-17(4,16(18,2)3)13(21)14(18)22/h5-7H,8-9H2,1-4H3,(H,20,23)/t17-,18-/m0/s1. The Morgan fingerprint density at radius 3 is 2.35 bits per heavy atom. The Balaban J connectivity index is 2.04. The van der Waals surface area contributed by atoms with Crippen molar-refractivity contribution in [2.24, 2.45) is 16.2 Å². The van der Waals surface area contributed by atoms with E-state index >= 15 is 0 Å². The summed E-state index contributed by atoms with van der Waals surface area (Å²) in [5, 5.41) is 3.38. The average molecular weight is 334 g/mol. The number of halogens is 1. The third-order valence-corrected chi connectivity index (χ3v) is 6.85. The van der Waals surface area contributed by atoms with E-state index in [0.717, 1.165) is 5.56 Å². The quantitative estimate of drug-likeness (QED) is 0.665. The van der Waals surface area contributed by atoms with Crippen LogP contribution in [0.25, 0.3) is 0 Å². The maximum absolute atomic E-state index is 13.0. The van der Waals surface area contributed by atoms with E-state index in [1.165, 1.54) is 0 Å². The topological polar surface area (TPSA) is 63.2 Å². The number of amides is 1. The van der Waals surface area contributed by atoms with E-state index in [1.807, 2.05) is 13.8 Å². The maximum atomic E-state index is 13.0. The molecule has 4 nitrogen and oxygen atoms in total. The molecule has 1 aromatic rings. The summed E-state index contributed by atoms with van der Waals surface area (Å²) < 4.78 is 0. The molecule has 2 fully saturated rings. The second-order valence-corrected chi connectivity index (χ2v) is 7.79. The highest BCUT2D eigenvalue weighted by Gasteiger charge is 2.77. The summed E-state index contributed by atoms with van der Waals surface area (Å²) in [7, 11) is 0. The van der Waals surface area contributed by atoms with Gasteiger partial charge in [0.2, 0.25) is 17.5 Å². The first-order chi connectivity index (χ1) is 10.6. The summed E-state index contributed by atoms with van der Waals surface area (Å²) in [6.45, 7) is 7.32. The van der Waals surface area contributed by atoms with Gasteiger partial charge in [-0.05, 0) is 42.9 Å². The second kappa shape index (κ2) is 4.67. The predicted octanol–water partition coefficient (Wildman–Crippen LogP) is 3.55. The summed E-state index contributed by atoms with van der Waals surface area (Å²) in [4.78, 5) is 38.1. The highest BCUT2D eigenvalue weighted by Crippen LogP contribution is 2.69. The molecule has 2 aliphatic rings.